The number of aromatic nitrogens is 2. The number of halogens is 3. The van der Waals surface area contributed by atoms with E-state index in [1.165, 1.54) is 10.5 Å². The number of hydrogen-bond acceptors (Lipinski definition) is 1. The molecule has 3 rings (SSSR count). The molecule has 5 heteroatoms. The summed E-state index contributed by atoms with van der Waals surface area (Å²) in [5.74, 6) is 0. The Kier molecular flexibility index (Phi) is 3.24. The van der Waals surface area contributed by atoms with Gasteiger partial charge in [-0.3, -0.25) is 0 Å². The number of aryl methyl sites for hydroxylation is 3. The number of hydrogen-bond donors (Lipinski definition) is 0. The lowest BCUT2D eigenvalue weighted by atomic mass is 9.98. The maximum Gasteiger partial charge on any atom is 0.417 e. The van der Waals surface area contributed by atoms with Crippen LogP contribution in [-0.4, -0.2) is 9.38 Å². The van der Waals surface area contributed by atoms with Gasteiger partial charge in [0.25, 0.3) is 0 Å². The van der Waals surface area contributed by atoms with Gasteiger partial charge in [0, 0.05) is 18.0 Å². The normalized spacial score (nSPS) is 12.1. The predicted molar refractivity (Wildman–Crippen MR) is 79.8 cm³/mol. The maximum atomic E-state index is 12.8. The first kappa shape index (κ1) is 14.6. The number of imidazole rings is 1. The van der Waals surface area contributed by atoms with Crippen molar-refractivity contribution in [3.63, 3.8) is 0 Å². The molecule has 114 valence electrons. The van der Waals surface area contributed by atoms with Crippen molar-refractivity contribution in [2.45, 2.75) is 26.9 Å². The molecule has 0 amide bonds. The Morgan fingerprint density at radius 1 is 0.955 bits per heavy atom. The lowest BCUT2D eigenvalue weighted by molar-refractivity contribution is -0.137. The highest BCUT2D eigenvalue weighted by atomic mass is 19.4. The predicted octanol–water partition coefficient (Wildman–Crippen LogP) is 4.95. The van der Waals surface area contributed by atoms with Crippen molar-refractivity contribution in [1.82, 2.24) is 9.38 Å². The molecule has 0 N–H and O–H groups in total. The molecule has 2 aromatic heterocycles. The second kappa shape index (κ2) is 4.87. The van der Waals surface area contributed by atoms with Gasteiger partial charge in [-0.2, -0.15) is 13.2 Å². The van der Waals surface area contributed by atoms with Crippen LogP contribution in [0.2, 0.25) is 0 Å². The Morgan fingerprint density at radius 3 is 2.18 bits per heavy atom. The summed E-state index contributed by atoms with van der Waals surface area (Å²) in [7, 11) is 0. The lowest BCUT2D eigenvalue weighted by Gasteiger charge is -2.08. The average molecular weight is 304 g/mol. The Labute approximate surface area is 126 Å². The molecule has 0 aliphatic carbocycles. The molecule has 0 radical (unpaired) electrons. The molecule has 0 spiro atoms. The van der Waals surface area contributed by atoms with Crippen LogP contribution in [0.15, 0.2) is 36.7 Å². The smallest absolute Gasteiger partial charge is 0.306 e. The van der Waals surface area contributed by atoms with Crippen LogP contribution in [0.4, 0.5) is 13.2 Å². The zero-order chi connectivity index (χ0) is 16.1. The van der Waals surface area contributed by atoms with Gasteiger partial charge >= 0.3 is 6.18 Å². The van der Waals surface area contributed by atoms with Crippen LogP contribution in [0.3, 0.4) is 0 Å². The second-order valence-corrected chi connectivity index (χ2v) is 5.58. The maximum absolute atomic E-state index is 12.8. The summed E-state index contributed by atoms with van der Waals surface area (Å²) in [6.07, 6.45) is -1.63. The van der Waals surface area contributed by atoms with Crippen molar-refractivity contribution in [2.24, 2.45) is 0 Å². The minimum Gasteiger partial charge on any atom is -0.306 e. The fourth-order valence-electron chi connectivity index (χ4n) is 2.86. The van der Waals surface area contributed by atoms with Crippen molar-refractivity contribution < 1.29 is 13.2 Å². The summed E-state index contributed by atoms with van der Waals surface area (Å²) in [6.45, 7) is 5.99. The molecule has 0 aliphatic rings. The highest BCUT2D eigenvalue weighted by molar-refractivity contribution is 5.70. The first-order chi connectivity index (χ1) is 10.3. The van der Waals surface area contributed by atoms with Gasteiger partial charge in [0.1, 0.15) is 5.65 Å². The standard InChI is InChI=1S/C17H15F3N2/c1-10-6-11(2)16(12(3)7-10)14-9-22-8-13(17(18,19)20)4-5-15(22)21-14/h4-9H,1-3H3. The van der Waals surface area contributed by atoms with E-state index in [0.29, 0.717) is 11.3 Å². The molecule has 3 aromatic rings. The zero-order valence-corrected chi connectivity index (χ0v) is 12.5. The van der Waals surface area contributed by atoms with Gasteiger partial charge in [0.2, 0.25) is 0 Å². The first-order valence-electron chi connectivity index (χ1n) is 6.90. The van der Waals surface area contributed by atoms with Crippen molar-refractivity contribution in [2.75, 3.05) is 0 Å². The van der Waals surface area contributed by atoms with E-state index in [2.05, 4.69) is 4.98 Å². The third-order valence-corrected chi connectivity index (χ3v) is 3.71. The number of rotatable bonds is 1. The molecule has 0 atom stereocenters. The molecule has 0 aliphatic heterocycles. The molecular formula is C17H15F3N2. The zero-order valence-electron chi connectivity index (χ0n) is 12.5. The van der Waals surface area contributed by atoms with Crippen molar-refractivity contribution in [3.05, 3.63) is 58.9 Å². The molecule has 1 aromatic carbocycles. The van der Waals surface area contributed by atoms with Gasteiger partial charge < -0.3 is 4.40 Å². The van der Waals surface area contributed by atoms with E-state index in [4.69, 9.17) is 0 Å². The fraction of sp³-hybridized carbons (Fsp3) is 0.235. The molecule has 0 saturated heterocycles. The van der Waals surface area contributed by atoms with Gasteiger partial charge in [-0.25, -0.2) is 4.98 Å². The van der Waals surface area contributed by atoms with Crippen LogP contribution in [-0.2, 0) is 6.18 Å². The summed E-state index contributed by atoms with van der Waals surface area (Å²) < 4.78 is 39.8. The highest BCUT2D eigenvalue weighted by Crippen LogP contribution is 2.31. The van der Waals surface area contributed by atoms with Gasteiger partial charge in [0.05, 0.1) is 11.3 Å². The van der Waals surface area contributed by atoms with E-state index in [1.807, 2.05) is 32.9 Å². The summed E-state index contributed by atoms with van der Waals surface area (Å²) in [4.78, 5) is 4.45. The topological polar surface area (TPSA) is 17.3 Å². The number of pyridine rings is 1. The highest BCUT2D eigenvalue weighted by Gasteiger charge is 2.30. The van der Waals surface area contributed by atoms with Gasteiger partial charge in [-0.05, 0) is 44.0 Å². The number of nitrogens with zero attached hydrogens (tertiary/aromatic N) is 2. The Morgan fingerprint density at radius 2 is 1.59 bits per heavy atom. The van der Waals surface area contributed by atoms with Crippen LogP contribution < -0.4 is 0 Å². The summed E-state index contributed by atoms with van der Waals surface area (Å²) in [5, 5.41) is 0. The quantitative estimate of drug-likeness (QED) is 0.622. The molecule has 0 fully saturated rings. The number of benzene rings is 1. The number of fused-ring (bicyclic) bond motifs is 1. The van der Waals surface area contributed by atoms with E-state index in [9.17, 15) is 13.2 Å². The van der Waals surface area contributed by atoms with Crippen LogP contribution in [0.5, 0.6) is 0 Å². The first-order valence-corrected chi connectivity index (χ1v) is 6.90. The summed E-state index contributed by atoms with van der Waals surface area (Å²) in [6, 6.07) is 6.55. The molecule has 0 unspecified atom stereocenters. The lowest BCUT2D eigenvalue weighted by Crippen LogP contribution is -2.05. The van der Waals surface area contributed by atoms with E-state index in [1.54, 1.807) is 6.20 Å². The van der Waals surface area contributed by atoms with Crippen LogP contribution in [0.1, 0.15) is 22.3 Å². The van der Waals surface area contributed by atoms with Crippen LogP contribution >= 0.6 is 0 Å². The van der Waals surface area contributed by atoms with Gasteiger partial charge in [0.15, 0.2) is 0 Å². The Hall–Kier alpha value is -2.30. The summed E-state index contributed by atoms with van der Waals surface area (Å²) >= 11 is 0. The molecule has 0 bridgehead atoms. The minimum atomic E-state index is -4.35. The molecule has 0 saturated carbocycles. The number of alkyl halides is 3. The monoisotopic (exact) mass is 304 g/mol. The van der Waals surface area contributed by atoms with Gasteiger partial charge in [-0.1, -0.05) is 17.7 Å². The van der Waals surface area contributed by atoms with Gasteiger partial charge in [-0.15, -0.1) is 0 Å². The molecule has 2 nitrogen and oxygen atoms in total. The molecule has 22 heavy (non-hydrogen) atoms. The fourth-order valence-corrected chi connectivity index (χ4v) is 2.86. The molecular weight excluding hydrogens is 289 g/mol. The van der Waals surface area contributed by atoms with E-state index >= 15 is 0 Å². The largest absolute Gasteiger partial charge is 0.417 e. The SMILES string of the molecule is Cc1cc(C)c(-c2cn3cc(C(F)(F)F)ccc3n2)c(C)c1. The Bertz CT molecular complexity index is 837. The van der Waals surface area contributed by atoms with Crippen molar-refractivity contribution in [1.29, 1.82) is 0 Å². The van der Waals surface area contributed by atoms with Crippen LogP contribution in [0, 0.1) is 20.8 Å². The Balaban J connectivity index is 2.18. The third-order valence-electron chi connectivity index (χ3n) is 3.71. The van der Waals surface area contributed by atoms with E-state index in [-0.39, 0.29) is 0 Å². The van der Waals surface area contributed by atoms with E-state index in [0.717, 1.165) is 34.5 Å². The molecule has 2 heterocycles. The average Bonchev–Trinajstić information content (AvgIpc) is 2.78. The minimum absolute atomic E-state index is 0.502. The van der Waals surface area contributed by atoms with Crippen molar-refractivity contribution in [3.8, 4) is 11.3 Å². The summed E-state index contributed by atoms with van der Waals surface area (Å²) in [5.41, 5.74) is 4.77. The van der Waals surface area contributed by atoms with E-state index < -0.39 is 11.7 Å². The third kappa shape index (κ3) is 2.47. The second-order valence-electron chi connectivity index (χ2n) is 5.58. The van der Waals surface area contributed by atoms with Crippen LogP contribution in [0.25, 0.3) is 16.9 Å². The van der Waals surface area contributed by atoms with Crippen molar-refractivity contribution >= 4 is 5.65 Å².